The average Bonchev–Trinajstić information content (AvgIpc) is 2.85. The number of nitrogens with one attached hydrogen (secondary N) is 3. The Hall–Kier alpha value is -3.87. The van der Waals surface area contributed by atoms with Crippen LogP contribution >= 0.6 is 35.3 Å². The molecule has 12 heteroatoms. The molecule has 0 saturated heterocycles. The van der Waals surface area contributed by atoms with Gasteiger partial charge in [-0.1, -0.05) is 69.5 Å². The second kappa shape index (κ2) is 12.7. The third-order valence-electron chi connectivity index (χ3n) is 4.29. The van der Waals surface area contributed by atoms with Crippen molar-refractivity contribution in [3.05, 3.63) is 91.0 Å². The Kier molecular flexibility index (Phi) is 8.92. The third-order valence-corrected chi connectivity index (χ3v) is 6.41. The Labute approximate surface area is 220 Å². The van der Waals surface area contributed by atoms with Crippen LogP contribution in [0.25, 0.3) is 0 Å². The van der Waals surface area contributed by atoms with Crippen molar-refractivity contribution in [2.45, 2.75) is 15.5 Å². The van der Waals surface area contributed by atoms with Gasteiger partial charge in [-0.2, -0.15) is 0 Å². The highest BCUT2D eigenvalue weighted by Crippen LogP contribution is 2.20. The highest BCUT2D eigenvalue weighted by molar-refractivity contribution is 8.14. The third kappa shape index (κ3) is 8.12. The maximum absolute atomic E-state index is 6.20. The molecule has 0 aliphatic heterocycles. The standard InChI is InChI=1S/C24H21N9S3/c25-19(28-16-10-4-1-5-11-16)34-22-31-23(35-20(26)29-17-12-6-2-7-13-17)33-24(32-22)36-21(27)30-18-14-8-3-9-15-18/h1-15H,(H2,25,28)(H2,26,29)(H2,27,30)/p+3. The van der Waals surface area contributed by atoms with Gasteiger partial charge in [0, 0.05) is 0 Å². The molecular formula is C24H24N9S3+3. The number of amidine groups is 3. The Balaban J connectivity index is 1.60. The Morgan fingerprint density at radius 1 is 0.444 bits per heavy atom. The predicted octanol–water partition coefficient (Wildman–Crippen LogP) is 3.34. The highest BCUT2D eigenvalue weighted by Gasteiger charge is 2.30. The van der Waals surface area contributed by atoms with E-state index in [4.69, 9.17) is 17.2 Å². The molecule has 0 spiro atoms. The molecule has 4 rings (SSSR count). The lowest BCUT2D eigenvalue weighted by atomic mass is 10.3. The zero-order valence-corrected chi connectivity index (χ0v) is 21.4. The van der Waals surface area contributed by atoms with Gasteiger partial charge < -0.3 is 17.2 Å². The number of hydrogen-bond donors (Lipinski definition) is 3. The summed E-state index contributed by atoms with van der Waals surface area (Å²) in [6.45, 7) is 0. The summed E-state index contributed by atoms with van der Waals surface area (Å²) in [5.41, 5.74) is 20.9. The van der Waals surface area contributed by atoms with Crippen molar-refractivity contribution >= 4 is 67.9 Å². The first kappa shape index (κ1) is 25.2. The van der Waals surface area contributed by atoms with Crippen LogP contribution in [-0.4, -0.2) is 15.5 Å². The van der Waals surface area contributed by atoms with Crippen molar-refractivity contribution in [2.24, 2.45) is 32.2 Å². The molecule has 9 N–H and O–H groups in total. The quantitative estimate of drug-likeness (QED) is 0.195. The van der Waals surface area contributed by atoms with Crippen LogP contribution in [0.15, 0.2) is 121 Å². The van der Waals surface area contributed by atoms with Crippen LogP contribution in [-0.2, 0) is 0 Å². The first-order chi connectivity index (χ1) is 17.5. The summed E-state index contributed by atoms with van der Waals surface area (Å²) >= 11 is 3.71. The zero-order chi connectivity index (χ0) is 25.2. The molecule has 1 heterocycles. The summed E-state index contributed by atoms with van der Waals surface area (Å²) in [6.07, 6.45) is 0. The number of H-pyrrole nitrogens is 3. The summed E-state index contributed by atoms with van der Waals surface area (Å²) in [4.78, 5) is 23.1. The predicted molar refractivity (Wildman–Crippen MR) is 147 cm³/mol. The smallest absolute Gasteiger partial charge is 0.378 e. The normalized spacial score (nSPS) is 12.5. The minimum absolute atomic E-state index is 0.351. The fraction of sp³-hybridized carbons (Fsp3) is 0. The van der Waals surface area contributed by atoms with Crippen LogP contribution in [0, 0.1) is 0 Å². The van der Waals surface area contributed by atoms with E-state index in [2.05, 4.69) is 29.9 Å². The fourth-order valence-corrected chi connectivity index (χ4v) is 5.02. The molecule has 0 aliphatic rings. The Morgan fingerprint density at radius 2 is 0.694 bits per heavy atom. The van der Waals surface area contributed by atoms with E-state index < -0.39 is 0 Å². The van der Waals surface area contributed by atoms with Crippen LogP contribution in [0.1, 0.15) is 0 Å². The number of aliphatic imine (C=N–C) groups is 3. The van der Waals surface area contributed by atoms with Gasteiger partial charge in [0.25, 0.3) is 0 Å². The number of rotatable bonds is 6. The topological polar surface area (TPSA) is 158 Å². The number of para-hydroxylation sites is 3. The van der Waals surface area contributed by atoms with Gasteiger partial charge in [0.2, 0.25) is 0 Å². The van der Waals surface area contributed by atoms with Crippen molar-refractivity contribution < 1.29 is 15.0 Å². The van der Waals surface area contributed by atoms with Crippen LogP contribution in [0.5, 0.6) is 0 Å². The first-order valence-electron chi connectivity index (χ1n) is 10.7. The molecule has 0 radical (unpaired) electrons. The molecular weight excluding hydrogens is 511 g/mol. The van der Waals surface area contributed by atoms with E-state index >= 15 is 0 Å². The Bertz CT molecular complexity index is 1200. The summed E-state index contributed by atoms with van der Waals surface area (Å²) in [7, 11) is 0. The summed E-state index contributed by atoms with van der Waals surface area (Å²) in [6, 6.07) is 28.5. The molecule has 36 heavy (non-hydrogen) atoms. The monoisotopic (exact) mass is 534 g/mol. The van der Waals surface area contributed by atoms with Crippen molar-refractivity contribution in [3.8, 4) is 0 Å². The van der Waals surface area contributed by atoms with E-state index in [-0.39, 0.29) is 0 Å². The van der Waals surface area contributed by atoms with E-state index in [1.165, 1.54) is 35.3 Å². The summed E-state index contributed by atoms with van der Waals surface area (Å²) in [5.74, 6) is 0. The fourth-order valence-electron chi connectivity index (χ4n) is 2.83. The van der Waals surface area contributed by atoms with Gasteiger partial charge in [-0.3, -0.25) is 0 Å². The van der Waals surface area contributed by atoms with E-state index in [1.807, 2.05) is 91.0 Å². The van der Waals surface area contributed by atoms with Crippen molar-refractivity contribution in [2.75, 3.05) is 0 Å². The van der Waals surface area contributed by atoms with Crippen molar-refractivity contribution in [1.29, 1.82) is 0 Å². The molecule has 1 aromatic heterocycles. The van der Waals surface area contributed by atoms with Crippen LogP contribution in [0.3, 0.4) is 0 Å². The molecule has 0 aliphatic carbocycles. The van der Waals surface area contributed by atoms with Crippen molar-refractivity contribution in [3.63, 3.8) is 0 Å². The largest absolute Gasteiger partial charge is 0.497 e. The van der Waals surface area contributed by atoms with E-state index in [9.17, 15) is 0 Å². The molecule has 0 saturated carbocycles. The number of aromatic amines is 3. The van der Waals surface area contributed by atoms with Crippen LogP contribution in [0.2, 0.25) is 0 Å². The second-order valence-corrected chi connectivity index (χ2v) is 10.1. The molecule has 3 aromatic carbocycles. The number of nitrogens with zero attached hydrogens (tertiary/aromatic N) is 3. The minimum Gasteiger partial charge on any atom is -0.378 e. The first-order valence-corrected chi connectivity index (χ1v) is 13.1. The molecule has 0 bridgehead atoms. The number of aromatic nitrogens is 3. The van der Waals surface area contributed by atoms with Gasteiger partial charge in [0.1, 0.15) is 0 Å². The Morgan fingerprint density at radius 3 is 0.944 bits per heavy atom. The summed E-state index contributed by atoms with van der Waals surface area (Å²) < 4.78 is 0. The van der Waals surface area contributed by atoms with Crippen LogP contribution < -0.4 is 32.2 Å². The lowest BCUT2D eigenvalue weighted by molar-refractivity contribution is -0.795. The van der Waals surface area contributed by atoms with Gasteiger partial charge in [0.05, 0.1) is 52.3 Å². The van der Waals surface area contributed by atoms with Gasteiger partial charge in [-0.05, 0) is 36.4 Å². The number of benzene rings is 3. The van der Waals surface area contributed by atoms with Gasteiger partial charge in [-0.25, -0.2) is 15.0 Å². The second-order valence-electron chi connectivity index (χ2n) is 7.03. The molecule has 0 fully saturated rings. The maximum atomic E-state index is 6.20. The zero-order valence-electron chi connectivity index (χ0n) is 19.0. The highest BCUT2D eigenvalue weighted by atomic mass is 32.2. The van der Waals surface area contributed by atoms with Gasteiger partial charge >= 0.3 is 15.5 Å². The van der Waals surface area contributed by atoms with E-state index in [1.54, 1.807) is 0 Å². The van der Waals surface area contributed by atoms with Gasteiger partial charge in [-0.15, -0.1) is 0 Å². The van der Waals surface area contributed by atoms with Crippen molar-refractivity contribution in [1.82, 2.24) is 0 Å². The molecule has 0 atom stereocenters. The van der Waals surface area contributed by atoms with Gasteiger partial charge in [0.15, 0.2) is 15.5 Å². The average molecular weight is 535 g/mol. The summed E-state index contributed by atoms with van der Waals surface area (Å²) in [5, 5.41) is 2.92. The molecule has 4 aromatic rings. The van der Waals surface area contributed by atoms with E-state index in [0.717, 1.165) is 17.1 Å². The molecule has 9 nitrogen and oxygen atoms in total. The number of thioether (sulfide) groups is 3. The van der Waals surface area contributed by atoms with E-state index in [0.29, 0.717) is 31.0 Å². The van der Waals surface area contributed by atoms with Crippen LogP contribution in [0.4, 0.5) is 17.1 Å². The molecule has 180 valence electrons. The molecule has 0 unspecified atom stereocenters. The number of hydrogen-bond acceptors (Lipinski definition) is 6. The number of nitrogens with two attached hydrogens (primary N) is 3. The maximum Gasteiger partial charge on any atom is 0.497 e. The lowest BCUT2D eigenvalue weighted by Gasteiger charge is -1.97. The molecule has 0 amide bonds. The minimum atomic E-state index is 0.351. The lowest BCUT2D eigenvalue weighted by Crippen LogP contribution is -2.38. The SMILES string of the molecule is NC(=Nc1ccccc1)Sc1[nH+]c(SC(N)=Nc2ccccc2)[nH+]c(SC(N)=Nc2ccccc2)[nH+]1.